The molecule has 0 spiro atoms. The number of rotatable bonds is 5. The second-order valence-corrected chi connectivity index (χ2v) is 7.65. The first kappa shape index (κ1) is 17.2. The van der Waals surface area contributed by atoms with E-state index in [-0.39, 0.29) is 0 Å². The summed E-state index contributed by atoms with van der Waals surface area (Å²) < 4.78 is 2.00. The van der Waals surface area contributed by atoms with Crippen LogP contribution >= 0.6 is 0 Å². The van der Waals surface area contributed by atoms with Crippen LogP contribution in [0.2, 0.25) is 0 Å². The highest BCUT2D eigenvalue weighted by Gasteiger charge is 2.35. The molecule has 4 heteroatoms. The Hall–Kier alpha value is -1.65. The predicted octanol–water partition coefficient (Wildman–Crippen LogP) is 3.20. The van der Waals surface area contributed by atoms with Crippen LogP contribution in [-0.4, -0.2) is 52.8 Å². The molecule has 0 N–H and O–H groups in total. The Morgan fingerprint density at radius 1 is 1.17 bits per heavy atom. The smallest absolute Gasteiger partial charge is 0.0645 e. The fourth-order valence-corrected chi connectivity index (χ4v) is 3.83. The first-order valence-corrected chi connectivity index (χ1v) is 8.95. The Balaban J connectivity index is 1.74. The molecule has 0 saturated carbocycles. The highest BCUT2D eigenvalue weighted by molar-refractivity contribution is 5.32. The van der Waals surface area contributed by atoms with E-state index < -0.39 is 0 Å². The van der Waals surface area contributed by atoms with E-state index in [1.54, 1.807) is 0 Å². The molecule has 0 radical (unpaired) electrons. The Bertz CT molecular complexity index is 644. The summed E-state index contributed by atoms with van der Waals surface area (Å²) in [6, 6.07) is 11.0. The number of nitrogens with zero attached hydrogens (tertiary/aromatic N) is 4. The zero-order valence-corrected chi connectivity index (χ0v) is 15.6. The molecule has 4 nitrogen and oxygen atoms in total. The number of likely N-dealkylation sites (N-methyl/N-ethyl adjacent to an activating group) is 1. The van der Waals surface area contributed by atoms with E-state index in [4.69, 9.17) is 5.10 Å². The van der Waals surface area contributed by atoms with Gasteiger partial charge in [-0.1, -0.05) is 32.0 Å². The lowest BCUT2D eigenvalue weighted by atomic mass is 9.91. The molecule has 1 aromatic heterocycles. The molecule has 0 unspecified atom stereocenters. The number of hydrogen-bond donors (Lipinski definition) is 0. The average molecular weight is 326 g/mol. The van der Waals surface area contributed by atoms with Crippen LogP contribution in [0.25, 0.3) is 5.69 Å². The monoisotopic (exact) mass is 326 g/mol. The van der Waals surface area contributed by atoms with E-state index in [1.165, 1.54) is 12.1 Å². The van der Waals surface area contributed by atoms with Crippen molar-refractivity contribution in [3.63, 3.8) is 0 Å². The van der Waals surface area contributed by atoms with E-state index >= 15 is 0 Å². The maximum Gasteiger partial charge on any atom is 0.0645 e. The van der Waals surface area contributed by atoms with Crippen LogP contribution in [-0.2, 0) is 6.54 Å². The molecule has 0 amide bonds. The zero-order valence-electron chi connectivity index (χ0n) is 15.6. The topological polar surface area (TPSA) is 24.3 Å². The molecule has 1 fully saturated rings. The van der Waals surface area contributed by atoms with Crippen LogP contribution in [0.4, 0.5) is 0 Å². The lowest BCUT2D eigenvalue weighted by Crippen LogP contribution is -2.37. The minimum absolute atomic E-state index is 0.648. The average Bonchev–Trinajstić information content (AvgIpc) is 3.13. The van der Waals surface area contributed by atoms with Crippen molar-refractivity contribution in [3.8, 4) is 5.69 Å². The van der Waals surface area contributed by atoms with Gasteiger partial charge in [-0.15, -0.1) is 0 Å². The third-order valence-electron chi connectivity index (χ3n) is 5.34. The predicted molar refractivity (Wildman–Crippen MR) is 99.4 cm³/mol. The highest BCUT2D eigenvalue weighted by Crippen LogP contribution is 2.28. The van der Waals surface area contributed by atoms with Crippen molar-refractivity contribution in [1.82, 2.24) is 19.6 Å². The van der Waals surface area contributed by atoms with E-state index in [9.17, 15) is 0 Å². The molecule has 1 aromatic carbocycles. The van der Waals surface area contributed by atoms with Crippen LogP contribution in [0.1, 0.15) is 25.1 Å². The van der Waals surface area contributed by atoms with E-state index in [0.717, 1.165) is 36.3 Å². The van der Waals surface area contributed by atoms with E-state index in [1.807, 2.05) is 10.7 Å². The normalized spacial score (nSPS) is 22.0. The fraction of sp³-hybridized carbons (Fsp3) is 0.550. The van der Waals surface area contributed by atoms with Gasteiger partial charge in [-0.2, -0.15) is 5.10 Å². The highest BCUT2D eigenvalue weighted by atomic mass is 15.3. The Morgan fingerprint density at radius 3 is 2.46 bits per heavy atom. The molecule has 0 aliphatic carbocycles. The summed E-state index contributed by atoms with van der Waals surface area (Å²) in [5, 5.41) is 4.71. The minimum Gasteiger partial charge on any atom is -0.305 e. The number of hydrogen-bond acceptors (Lipinski definition) is 3. The lowest BCUT2D eigenvalue weighted by Gasteiger charge is -2.27. The number of aryl methyl sites for hydroxylation is 1. The molecule has 2 heterocycles. The second-order valence-electron chi connectivity index (χ2n) is 7.65. The van der Waals surface area contributed by atoms with Crippen LogP contribution in [0.15, 0.2) is 36.5 Å². The van der Waals surface area contributed by atoms with Gasteiger partial charge < -0.3 is 4.90 Å². The molecule has 1 aliphatic rings. The Kier molecular flexibility index (Phi) is 5.07. The maximum absolute atomic E-state index is 4.71. The summed E-state index contributed by atoms with van der Waals surface area (Å²) >= 11 is 0. The fourth-order valence-electron chi connectivity index (χ4n) is 3.83. The largest absolute Gasteiger partial charge is 0.305 e. The van der Waals surface area contributed by atoms with Crippen LogP contribution in [0.5, 0.6) is 0 Å². The van der Waals surface area contributed by atoms with Crippen molar-refractivity contribution < 1.29 is 0 Å². The van der Waals surface area contributed by atoms with Gasteiger partial charge in [0.25, 0.3) is 0 Å². The molecular formula is C20H30N4. The van der Waals surface area contributed by atoms with Gasteiger partial charge >= 0.3 is 0 Å². The van der Waals surface area contributed by atoms with Gasteiger partial charge in [0.15, 0.2) is 0 Å². The van der Waals surface area contributed by atoms with Crippen molar-refractivity contribution in [2.24, 2.45) is 11.8 Å². The van der Waals surface area contributed by atoms with Crippen molar-refractivity contribution in [1.29, 1.82) is 0 Å². The maximum atomic E-state index is 4.71. The second kappa shape index (κ2) is 7.08. The van der Waals surface area contributed by atoms with Gasteiger partial charge in [0.05, 0.1) is 11.4 Å². The molecule has 2 aromatic rings. The lowest BCUT2D eigenvalue weighted by molar-refractivity contribution is 0.215. The molecule has 130 valence electrons. The summed E-state index contributed by atoms with van der Waals surface area (Å²) in [5.41, 5.74) is 3.59. The van der Waals surface area contributed by atoms with E-state index in [0.29, 0.717) is 6.04 Å². The van der Waals surface area contributed by atoms with E-state index in [2.05, 4.69) is 75.1 Å². The summed E-state index contributed by atoms with van der Waals surface area (Å²) in [4.78, 5) is 4.99. The standard InChI is InChI=1S/C20H30N4/c1-15(2)19-13-23(14-20(19)22(4)5)11-17-12-24(21-16(17)3)18-9-7-6-8-10-18/h6-10,12,15,19-20H,11,13-14H2,1-5H3/t19-,20+/m0/s1. The number of aromatic nitrogens is 2. The third kappa shape index (κ3) is 3.55. The first-order valence-electron chi connectivity index (χ1n) is 8.95. The minimum atomic E-state index is 0.648. The van der Waals surface area contributed by atoms with Crippen molar-refractivity contribution in [3.05, 3.63) is 47.8 Å². The zero-order chi connectivity index (χ0) is 17.3. The molecule has 24 heavy (non-hydrogen) atoms. The van der Waals surface area contributed by atoms with Gasteiger partial charge in [0, 0.05) is 37.4 Å². The summed E-state index contributed by atoms with van der Waals surface area (Å²) in [6.07, 6.45) is 2.19. The molecule has 0 bridgehead atoms. The summed E-state index contributed by atoms with van der Waals surface area (Å²) in [7, 11) is 4.42. The van der Waals surface area contributed by atoms with Crippen molar-refractivity contribution in [2.75, 3.05) is 27.2 Å². The Labute approximate surface area is 146 Å². The number of benzene rings is 1. The van der Waals surface area contributed by atoms with Gasteiger partial charge in [-0.3, -0.25) is 4.90 Å². The van der Waals surface area contributed by atoms with Crippen molar-refractivity contribution in [2.45, 2.75) is 33.4 Å². The van der Waals surface area contributed by atoms with Gasteiger partial charge in [-0.05, 0) is 45.0 Å². The molecule has 3 rings (SSSR count). The number of likely N-dealkylation sites (tertiary alicyclic amines) is 1. The molecule has 1 aliphatic heterocycles. The van der Waals surface area contributed by atoms with Crippen LogP contribution in [0, 0.1) is 18.8 Å². The Morgan fingerprint density at radius 2 is 1.88 bits per heavy atom. The quantitative estimate of drug-likeness (QED) is 0.843. The summed E-state index contributed by atoms with van der Waals surface area (Å²) in [5.74, 6) is 1.46. The molecule has 2 atom stereocenters. The SMILES string of the molecule is Cc1nn(-c2ccccc2)cc1CN1C[C@@H](N(C)C)[C@H](C(C)C)C1. The summed E-state index contributed by atoms with van der Waals surface area (Å²) in [6.45, 7) is 10.1. The molecular weight excluding hydrogens is 296 g/mol. The van der Waals surface area contributed by atoms with Crippen LogP contribution in [0.3, 0.4) is 0 Å². The van der Waals surface area contributed by atoms with Gasteiger partial charge in [-0.25, -0.2) is 4.68 Å². The van der Waals surface area contributed by atoms with Crippen molar-refractivity contribution >= 4 is 0 Å². The van der Waals surface area contributed by atoms with Crippen LogP contribution < -0.4 is 0 Å². The van der Waals surface area contributed by atoms with Gasteiger partial charge in [0.1, 0.15) is 0 Å². The third-order valence-corrected chi connectivity index (χ3v) is 5.34. The molecule has 1 saturated heterocycles. The number of para-hydroxylation sites is 1. The van der Waals surface area contributed by atoms with Gasteiger partial charge in [0.2, 0.25) is 0 Å². The first-order chi connectivity index (χ1) is 11.5.